The predicted molar refractivity (Wildman–Crippen MR) is 144 cm³/mol. The molecule has 202 valence electrons. The van der Waals surface area contributed by atoms with Crippen LogP contribution in [0.1, 0.15) is 49.7 Å². The van der Waals surface area contributed by atoms with E-state index in [2.05, 4.69) is 10.6 Å². The summed E-state index contributed by atoms with van der Waals surface area (Å²) in [6, 6.07) is 14.3. The van der Waals surface area contributed by atoms with Crippen molar-refractivity contribution in [1.82, 2.24) is 4.90 Å². The second-order valence-electron chi connectivity index (χ2n) is 10.9. The van der Waals surface area contributed by atoms with Crippen molar-refractivity contribution in [1.29, 1.82) is 0 Å². The van der Waals surface area contributed by atoms with E-state index in [4.69, 9.17) is 9.84 Å². The van der Waals surface area contributed by atoms with Crippen LogP contribution < -0.4 is 10.6 Å². The van der Waals surface area contributed by atoms with Crippen LogP contribution in [0, 0.1) is 25.7 Å². The number of nitrogens with zero attached hydrogens (tertiary/aromatic N) is 1. The molecule has 3 aliphatic rings. The molecular weight excluding hydrogens is 482 g/mol. The van der Waals surface area contributed by atoms with E-state index in [0.717, 1.165) is 29.7 Å². The minimum atomic E-state index is -1.02. The van der Waals surface area contributed by atoms with Crippen molar-refractivity contribution in [3.63, 3.8) is 0 Å². The zero-order valence-electron chi connectivity index (χ0n) is 22.1. The highest BCUT2D eigenvalue weighted by Crippen LogP contribution is 2.58. The summed E-state index contributed by atoms with van der Waals surface area (Å²) in [5, 5.41) is 15.2. The number of carbonyl (C=O) groups is 3. The van der Waals surface area contributed by atoms with Crippen LogP contribution in [0.4, 0.5) is 11.4 Å². The van der Waals surface area contributed by atoms with E-state index in [-0.39, 0.29) is 24.3 Å². The summed E-state index contributed by atoms with van der Waals surface area (Å²) in [6.07, 6.45) is 3.93. The summed E-state index contributed by atoms with van der Waals surface area (Å²) in [5.41, 5.74) is 2.34. The number of para-hydroxylation sites is 1. The quantitative estimate of drug-likeness (QED) is 0.414. The number of likely N-dealkylation sites (tertiary alicyclic amines) is 1. The molecule has 3 fully saturated rings. The highest BCUT2D eigenvalue weighted by Gasteiger charge is 2.74. The SMILES string of the molecule is Cc1ccc(C)c(NC(=O)C2N(CCCCCCO)C(=O)[C@@H]3[C@@H](C(=O)Nc4ccccc4)[C@H]4CCC23O4)c1. The molecule has 0 aliphatic carbocycles. The zero-order valence-corrected chi connectivity index (χ0v) is 22.1. The molecule has 5 rings (SSSR count). The summed E-state index contributed by atoms with van der Waals surface area (Å²) in [7, 11) is 0. The van der Waals surface area contributed by atoms with Crippen LogP contribution >= 0.6 is 0 Å². The molecule has 3 amide bonds. The molecule has 0 saturated carbocycles. The molecule has 3 N–H and O–H groups in total. The van der Waals surface area contributed by atoms with Crippen molar-refractivity contribution in [2.45, 2.75) is 70.1 Å². The number of rotatable bonds is 10. The van der Waals surface area contributed by atoms with Gasteiger partial charge in [0, 0.05) is 24.5 Å². The van der Waals surface area contributed by atoms with Crippen molar-refractivity contribution >= 4 is 29.1 Å². The Balaban J connectivity index is 1.43. The van der Waals surface area contributed by atoms with E-state index in [1.165, 1.54) is 0 Å². The number of anilines is 2. The third kappa shape index (κ3) is 4.71. The van der Waals surface area contributed by atoms with Gasteiger partial charge in [0.25, 0.3) is 0 Å². The monoisotopic (exact) mass is 519 g/mol. The van der Waals surface area contributed by atoms with E-state index >= 15 is 0 Å². The minimum absolute atomic E-state index is 0.141. The Morgan fingerprint density at radius 1 is 1.03 bits per heavy atom. The predicted octanol–water partition coefficient (Wildman–Crippen LogP) is 3.81. The smallest absolute Gasteiger partial charge is 0.250 e. The molecule has 3 heterocycles. The number of nitrogens with one attached hydrogen (secondary N) is 2. The lowest BCUT2D eigenvalue weighted by Crippen LogP contribution is -2.53. The fourth-order valence-electron chi connectivity index (χ4n) is 6.56. The van der Waals surface area contributed by atoms with Crippen LogP contribution in [-0.2, 0) is 19.1 Å². The average Bonchev–Trinajstić information content (AvgIpc) is 3.54. The number of fused-ring (bicyclic) bond motifs is 1. The van der Waals surface area contributed by atoms with Gasteiger partial charge in [0.15, 0.2) is 0 Å². The lowest BCUT2D eigenvalue weighted by molar-refractivity contribution is -0.139. The molecule has 8 heteroatoms. The van der Waals surface area contributed by atoms with Crippen LogP contribution in [-0.4, -0.2) is 58.6 Å². The van der Waals surface area contributed by atoms with Crippen molar-refractivity contribution in [3.8, 4) is 0 Å². The van der Waals surface area contributed by atoms with Crippen molar-refractivity contribution in [3.05, 3.63) is 59.7 Å². The fourth-order valence-corrected chi connectivity index (χ4v) is 6.56. The van der Waals surface area contributed by atoms with Crippen LogP contribution in [0.25, 0.3) is 0 Å². The Hall–Kier alpha value is -3.23. The number of ether oxygens (including phenoxy) is 1. The number of hydrogen-bond acceptors (Lipinski definition) is 5. The lowest BCUT2D eigenvalue weighted by Gasteiger charge is -2.33. The first kappa shape index (κ1) is 26.4. The molecule has 2 unspecified atom stereocenters. The average molecular weight is 520 g/mol. The molecule has 2 bridgehead atoms. The van der Waals surface area contributed by atoms with Crippen molar-refractivity contribution in [2.24, 2.45) is 11.8 Å². The Bertz CT molecular complexity index is 1200. The highest BCUT2D eigenvalue weighted by molar-refractivity contribution is 6.05. The molecular formula is C30H37N3O5. The van der Waals surface area contributed by atoms with Gasteiger partial charge in [-0.3, -0.25) is 14.4 Å². The zero-order chi connectivity index (χ0) is 26.9. The number of aliphatic hydroxyl groups excluding tert-OH is 1. The molecule has 1 spiro atoms. The molecule has 5 atom stereocenters. The molecule has 3 aliphatic heterocycles. The van der Waals surface area contributed by atoms with Crippen LogP contribution in [0.3, 0.4) is 0 Å². The van der Waals surface area contributed by atoms with E-state index in [1.54, 1.807) is 4.90 Å². The molecule has 2 aromatic rings. The maximum Gasteiger partial charge on any atom is 0.250 e. The second-order valence-corrected chi connectivity index (χ2v) is 10.9. The number of unbranched alkanes of at least 4 members (excludes halogenated alkanes) is 3. The summed E-state index contributed by atoms with van der Waals surface area (Å²) in [5.74, 6) is -2.03. The first-order valence-corrected chi connectivity index (χ1v) is 13.7. The van der Waals surface area contributed by atoms with Gasteiger partial charge in [-0.1, -0.05) is 43.2 Å². The van der Waals surface area contributed by atoms with Gasteiger partial charge in [-0.15, -0.1) is 0 Å². The third-order valence-corrected chi connectivity index (χ3v) is 8.35. The number of aliphatic hydroxyl groups is 1. The Morgan fingerprint density at radius 2 is 1.79 bits per heavy atom. The molecule has 0 radical (unpaired) electrons. The van der Waals surface area contributed by atoms with Gasteiger partial charge in [0.1, 0.15) is 11.6 Å². The first-order valence-electron chi connectivity index (χ1n) is 13.7. The number of aryl methyl sites for hydroxylation is 2. The van der Waals surface area contributed by atoms with E-state index in [9.17, 15) is 14.4 Å². The normalized spacial score (nSPS) is 27.4. The van der Waals surface area contributed by atoms with E-state index in [0.29, 0.717) is 37.9 Å². The fraction of sp³-hybridized carbons (Fsp3) is 0.500. The van der Waals surface area contributed by atoms with Crippen LogP contribution in [0.5, 0.6) is 0 Å². The molecule has 8 nitrogen and oxygen atoms in total. The van der Waals surface area contributed by atoms with Crippen molar-refractivity contribution < 1.29 is 24.2 Å². The molecule has 2 aromatic carbocycles. The number of benzene rings is 2. The maximum absolute atomic E-state index is 14.0. The van der Waals surface area contributed by atoms with Gasteiger partial charge in [-0.2, -0.15) is 0 Å². The van der Waals surface area contributed by atoms with Gasteiger partial charge >= 0.3 is 0 Å². The third-order valence-electron chi connectivity index (χ3n) is 8.35. The lowest BCUT2D eigenvalue weighted by atomic mass is 9.70. The Morgan fingerprint density at radius 3 is 2.55 bits per heavy atom. The number of hydrogen-bond donors (Lipinski definition) is 3. The van der Waals surface area contributed by atoms with E-state index in [1.807, 2.05) is 62.4 Å². The highest BCUT2D eigenvalue weighted by atomic mass is 16.5. The van der Waals surface area contributed by atoms with Gasteiger partial charge in [-0.05, 0) is 68.9 Å². The molecule has 3 saturated heterocycles. The Kier molecular flexibility index (Phi) is 7.54. The first-order chi connectivity index (χ1) is 18.4. The van der Waals surface area contributed by atoms with Crippen molar-refractivity contribution in [2.75, 3.05) is 23.8 Å². The summed E-state index contributed by atoms with van der Waals surface area (Å²) < 4.78 is 6.51. The number of amides is 3. The van der Waals surface area contributed by atoms with Gasteiger partial charge in [-0.25, -0.2) is 0 Å². The number of carbonyl (C=O) groups excluding carboxylic acids is 3. The molecule has 38 heavy (non-hydrogen) atoms. The summed E-state index contributed by atoms with van der Waals surface area (Å²) in [6.45, 7) is 4.46. The Labute approximate surface area is 223 Å². The van der Waals surface area contributed by atoms with E-state index < -0.39 is 29.6 Å². The molecule has 0 aromatic heterocycles. The van der Waals surface area contributed by atoms with Gasteiger partial charge < -0.3 is 25.4 Å². The second kappa shape index (κ2) is 10.9. The van der Waals surface area contributed by atoms with Gasteiger partial charge in [0.05, 0.1) is 17.9 Å². The largest absolute Gasteiger partial charge is 0.396 e. The summed E-state index contributed by atoms with van der Waals surface area (Å²) in [4.78, 5) is 43.1. The van der Waals surface area contributed by atoms with Crippen LogP contribution in [0.15, 0.2) is 48.5 Å². The summed E-state index contributed by atoms with van der Waals surface area (Å²) >= 11 is 0. The standard InChI is InChI=1S/C30H37N3O5/c1-19-12-13-20(2)22(18-19)32-28(36)26-30-15-14-23(38-30)24(27(35)31-21-10-6-5-7-11-21)25(30)29(37)33(26)16-8-3-4-9-17-34/h5-7,10-13,18,23-26,34H,3-4,8-9,14-17H2,1-2H3,(H,31,35)(H,32,36)/t23-,24+,25+,26?,30?/m1/s1. The topological polar surface area (TPSA) is 108 Å². The van der Waals surface area contributed by atoms with Crippen LogP contribution in [0.2, 0.25) is 0 Å². The maximum atomic E-state index is 14.0. The minimum Gasteiger partial charge on any atom is -0.396 e. The van der Waals surface area contributed by atoms with Gasteiger partial charge in [0.2, 0.25) is 17.7 Å².